The number of halogens is 2. The van der Waals surface area contributed by atoms with Gasteiger partial charge in [-0.15, -0.1) is 5.10 Å². The summed E-state index contributed by atoms with van der Waals surface area (Å²) in [5.74, 6) is -0.963. The van der Waals surface area contributed by atoms with Crippen LogP contribution in [0.4, 0.5) is 4.39 Å². The Hall–Kier alpha value is -1.99. The molecular formula is C15H18ClFN4O2. The van der Waals surface area contributed by atoms with Crippen LogP contribution in [0.15, 0.2) is 18.2 Å². The standard InChI is InChI=1S/C15H18ClFN4O2/c1-3-11(22)6-7-18-15(23)14-9(2)21(20-19-14)13-5-4-10(16)8-12(13)17/h4-5,8,11,22H,3,6-7H2,1-2H3,(H,18,23). The number of aromatic nitrogens is 3. The Morgan fingerprint density at radius 2 is 2.26 bits per heavy atom. The van der Waals surface area contributed by atoms with E-state index in [4.69, 9.17) is 11.6 Å². The minimum absolute atomic E-state index is 0.116. The summed E-state index contributed by atoms with van der Waals surface area (Å²) >= 11 is 5.72. The lowest BCUT2D eigenvalue weighted by atomic mass is 10.2. The largest absolute Gasteiger partial charge is 0.393 e. The molecule has 0 spiro atoms. The van der Waals surface area contributed by atoms with Crippen LogP contribution in [0.25, 0.3) is 5.69 Å². The van der Waals surface area contributed by atoms with Gasteiger partial charge in [-0.05, 0) is 38.0 Å². The van der Waals surface area contributed by atoms with Crippen molar-refractivity contribution in [1.29, 1.82) is 0 Å². The lowest BCUT2D eigenvalue weighted by Crippen LogP contribution is -2.28. The van der Waals surface area contributed by atoms with E-state index < -0.39 is 17.8 Å². The zero-order chi connectivity index (χ0) is 17.0. The molecule has 2 aromatic rings. The Kier molecular flexibility index (Phi) is 5.68. The molecule has 23 heavy (non-hydrogen) atoms. The molecule has 0 aliphatic carbocycles. The second-order valence-electron chi connectivity index (χ2n) is 5.14. The van der Waals surface area contributed by atoms with E-state index in [-0.39, 0.29) is 16.4 Å². The van der Waals surface area contributed by atoms with E-state index in [0.29, 0.717) is 25.1 Å². The number of amides is 1. The fourth-order valence-corrected chi connectivity index (χ4v) is 2.22. The number of hydrogen-bond donors (Lipinski definition) is 2. The number of aliphatic hydroxyl groups is 1. The molecule has 1 amide bonds. The van der Waals surface area contributed by atoms with Gasteiger partial charge in [0.25, 0.3) is 5.91 Å². The van der Waals surface area contributed by atoms with Crippen molar-refractivity contribution in [3.63, 3.8) is 0 Å². The van der Waals surface area contributed by atoms with Gasteiger partial charge < -0.3 is 10.4 Å². The lowest BCUT2D eigenvalue weighted by molar-refractivity contribution is 0.0936. The van der Waals surface area contributed by atoms with Crippen molar-refractivity contribution in [3.8, 4) is 5.69 Å². The molecule has 0 bridgehead atoms. The van der Waals surface area contributed by atoms with E-state index >= 15 is 0 Å². The maximum absolute atomic E-state index is 14.0. The summed E-state index contributed by atoms with van der Waals surface area (Å²) < 4.78 is 15.2. The van der Waals surface area contributed by atoms with Crippen LogP contribution in [0.5, 0.6) is 0 Å². The molecule has 6 nitrogen and oxygen atoms in total. The molecule has 0 fully saturated rings. The van der Waals surface area contributed by atoms with E-state index in [1.807, 2.05) is 6.92 Å². The van der Waals surface area contributed by atoms with Crippen molar-refractivity contribution in [2.75, 3.05) is 6.54 Å². The second-order valence-corrected chi connectivity index (χ2v) is 5.57. The van der Waals surface area contributed by atoms with Crippen LogP contribution in [0, 0.1) is 12.7 Å². The molecule has 1 aromatic heterocycles. The average Bonchev–Trinajstić information content (AvgIpc) is 2.88. The summed E-state index contributed by atoms with van der Waals surface area (Å²) in [4.78, 5) is 12.1. The summed E-state index contributed by atoms with van der Waals surface area (Å²) in [6.07, 6.45) is 0.637. The zero-order valence-electron chi connectivity index (χ0n) is 12.9. The highest BCUT2D eigenvalue weighted by Gasteiger charge is 2.19. The third-order valence-corrected chi connectivity index (χ3v) is 3.72. The highest BCUT2D eigenvalue weighted by atomic mass is 35.5. The first-order chi connectivity index (χ1) is 10.9. The monoisotopic (exact) mass is 340 g/mol. The van der Waals surface area contributed by atoms with Gasteiger partial charge in [0.05, 0.1) is 11.8 Å². The normalized spacial score (nSPS) is 12.2. The number of aliphatic hydroxyl groups excluding tert-OH is 1. The topological polar surface area (TPSA) is 80.0 Å². The van der Waals surface area contributed by atoms with Crippen molar-refractivity contribution < 1.29 is 14.3 Å². The maximum atomic E-state index is 14.0. The van der Waals surface area contributed by atoms with Crippen LogP contribution >= 0.6 is 11.6 Å². The molecule has 1 heterocycles. The number of nitrogens with one attached hydrogen (secondary N) is 1. The number of hydrogen-bond acceptors (Lipinski definition) is 4. The van der Waals surface area contributed by atoms with Gasteiger partial charge >= 0.3 is 0 Å². The zero-order valence-corrected chi connectivity index (χ0v) is 13.6. The van der Waals surface area contributed by atoms with Crippen molar-refractivity contribution in [3.05, 3.63) is 40.4 Å². The molecule has 0 saturated heterocycles. The lowest BCUT2D eigenvalue weighted by Gasteiger charge is -2.08. The first-order valence-electron chi connectivity index (χ1n) is 7.28. The predicted octanol–water partition coefficient (Wildman–Crippen LogP) is 2.26. The van der Waals surface area contributed by atoms with Crippen LogP contribution in [0.2, 0.25) is 5.02 Å². The molecule has 124 valence electrons. The number of carbonyl (C=O) groups excluding carboxylic acids is 1. The van der Waals surface area contributed by atoms with Gasteiger partial charge in [-0.1, -0.05) is 23.7 Å². The number of nitrogens with zero attached hydrogens (tertiary/aromatic N) is 3. The molecule has 2 N–H and O–H groups in total. The van der Waals surface area contributed by atoms with Crippen LogP contribution in [0.3, 0.4) is 0 Å². The molecule has 0 aliphatic heterocycles. The smallest absolute Gasteiger partial charge is 0.273 e. The Balaban J connectivity index is 2.14. The van der Waals surface area contributed by atoms with Crippen molar-refractivity contribution in [2.45, 2.75) is 32.8 Å². The third kappa shape index (κ3) is 4.05. The van der Waals surface area contributed by atoms with E-state index in [2.05, 4.69) is 15.6 Å². The molecule has 1 atom stereocenters. The predicted molar refractivity (Wildman–Crippen MR) is 84.3 cm³/mol. The fraction of sp³-hybridized carbons (Fsp3) is 0.400. The Bertz CT molecular complexity index is 705. The third-order valence-electron chi connectivity index (χ3n) is 3.48. The van der Waals surface area contributed by atoms with E-state index in [0.717, 1.165) is 0 Å². The Morgan fingerprint density at radius 3 is 2.91 bits per heavy atom. The van der Waals surface area contributed by atoms with Crippen LogP contribution in [-0.2, 0) is 0 Å². The second kappa shape index (κ2) is 7.52. The van der Waals surface area contributed by atoms with Gasteiger partial charge in [0.1, 0.15) is 11.5 Å². The summed E-state index contributed by atoms with van der Waals surface area (Å²) in [6, 6.07) is 4.18. The molecule has 1 unspecified atom stereocenters. The van der Waals surface area contributed by atoms with E-state index in [1.54, 1.807) is 6.92 Å². The molecule has 2 rings (SSSR count). The van der Waals surface area contributed by atoms with Gasteiger partial charge in [0.2, 0.25) is 0 Å². The molecular weight excluding hydrogens is 323 g/mol. The van der Waals surface area contributed by atoms with Crippen molar-refractivity contribution >= 4 is 17.5 Å². The average molecular weight is 341 g/mol. The van der Waals surface area contributed by atoms with Crippen molar-refractivity contribution in [1.82, 2.24) is 20.3 Å². The quantitative estimate of drug-likeness (QED) is 0.845. The summed E-state index contributed by atoms with van der Waals surface area (Å²) in [5, 5.41) is 20.0. The molecule has 0 saturated carbocycles. The van der Waals surface area contributed by atoms with E-state index in [1.165, 1.54) is 22.9 Å². The SMILES string of the molecule is CCC(O)CCNC(=O)c1nnn(-c2ccc(Cl)cc2F)c1C. The first kappa shape index (κ1) is 17.4. The van der Waals surface area contributed by atoms with Gasteiger partial charge in [0, 0.05) is 11.6 Å². The number of carbonyl (C=O) groups is 1. The van der Waals surface area contributed by atoms with Crippen LogP contribution < -0.4 is 5.32 Å². The first-order valence-corrected chi connectivity index (χ1v) is 7.65. The molecule has 0 aliphatic rings. The Morgan fingerprint density at radius 1 is 1.52 bits per heavy atom. The molecule has 1 aromatic carbocycles. The minimum atomic E-state index is -0.552. The van der Waals surface area contributed by atoms with E-state index in [9.17, 15) is 14.3 Å². The van der Waals surface area contributed by atoms with Crippen LogP contribution in [0.1, 0.15) is 35.9 Å². The highest BCUT2D eigenvalue weighted by molar-refractivity contribution is 6.30. The maximum Gasteiger partial charge on any atom is 0.273 e. The van der Waals surface area contributed by atoms with Crippen LogP contribution in [-0.4, -0.2) is 38.7 Å². The highest BCUT2D eigenvalue weighted by Crippen LogP contribution is 2.19. The summed E-state index contributed by atoms with van der Waals surface area (Å²) in [5.41, 5.74) is 0.699. The van der Waals surface area contributed by atoms with Gasteiger partial charge in [-0.25, -0.2) is 9.07 Å². The Labute approximate surface area is 138 Å². The van der Waals surface area contributed by atoms with Crippen molar-refractivity contribution in [2.24, 2.45) is 0 Å². The van der Waals surface area contributed by atoms with Gasteiger partial charge in [-0.2, -0.15) is 0 Å². The van der Waals surface area contributed by atoms with Gasteiger partial charge in [0.15, 0.2) is 5.69 Å². The minimum Gasteiger partial charge on any atom is -0.393 e. The van der Waals surface area contributed by atoms with Gasteiger partial charge in [-0.3, -0.25) is 4.79 Å². The fourth-order valence-electron chi connectivity index (χ4n) is 2.06. The summed E-state index contributed by atoms with van der Waals surface area (Å²) in [6.45, 7) is 3.82. The molecule has 0 radical (unpaired) electrons. The summed E-state index contributed by atoms with van der Waals surface area (Å²) in [7, 11) is 0. The number of rotatable bonds is 6. The number of benzene rings is 1. The molecule has 8 heteroatoms.